The number of aromatic nitrogens is 3. The highest BCUT2D eigenvalue weighted by atomic mass is 19.3. The third-order valence-corrected chi connectivity index (χ3v) is 3.83. The number of aliphatic carboxylic acids is 1. The number of anilines is 1. The molecule has 0 radical (unpaired) electrons. The molecule has 1 aromatic carbocycles. The van der Waals surface area contributed by atoms with Crippen molar-refractivity contribution in [1.29, 1.82) is 0 Å². The molecule has 0 bridgehead atoms. The molecule has 0 spiro atoms. The summed E-state index contributed by atoms with van der Waals surface area (Å²) in [6.45, 7) is 0.793. The lowest BCUT2D eigenvalue weighted by atomic mass is 9.99. The molecule has 0 aliphatic carbocycles. The van der Waals surface area contributed by atoms with Gasteiger partial charge >= 0.3 is 5.97 Å². The van der Waals surface area contributed by atoms with Crippen molar-refractivity contribution in [2.75, 3.05) is 12.3 Å². The van der Waals surface area contributed by atoms with Gasteiger partial charge in [-0.2, -0.15) is 4.98 Å². The lowest BCUT2D eigenvalue weighted by molar-refractivity contribution is -0.139. The van der Waals surface area contributed by atoms with Gasteiger partial charge in [0, 0.05) is 11.3 Å². The quantitative estimate of drug-likeness (QED) is 0.645. The molecule has 29 heavy (non-hydrogen) atoms. The number of nitrogen functional groups attached to an aromatic ring is 1. The Morgan fingerprint density at radius 1 is 1.14 bits per heavy atom. The number of hydrogen-bond donors (Lipinski definition) is 2. The predicted octanol–water partition coefficient (Wildman–Crippen LogP) is 3.64. The normalized spacial score (nSPS) is 10.9. The molecule has 0 aliphatic rings. The molecule has 3 rings (SSSR count). The monoisotopic (exact) mass is 404 g/mol. The van der Waals surface area contributed by atoms with E-state index in [1.165, 1.54) is 37.3 Å². The smallest absolute Gasteiger partial charge is 0.341 e. The van der Waals surface area contributed by atoms with Crippen LogP contribution in [0, 0.1) is 12.7 Å². The van der Waals surface area contributed by atoms with Crippen LogP contribution in [0.25, 0.3) is 22.4 Å². The number of nitrogens with zero attached hydrogens (tertiary/aromatic N) is 3. The van der Waals surface area contributed by atoms with Crippen LogP contribution in [0.3, 0.4) is 0 Å². The number of carboxylic acids is 1. The maximum absolute atomic E-state index is 13.3. The van der Waals surface area contributed by atoms with E-state index in [2.05, 4.69) is 15.0 Å². The van der Waals surface area contributed by atoms with Crippen molar-refractivity contribution in [2.45, 2.75) is 13.3 Å². The molecule has 3 N–H and O–H groups in total. The van der Waals surface area contributed by atoms with Crippen LogP contribution in [0.4, 0.5) is 19.1 Å². The molecule has 0 amide bonds. The van der Waals surface area contributed by atoms with E-state index in [-0.39, 0.29) is 28.6 Å². The summed E-state index contributed by atoms with van der Waals surface area (Å²) in [5, 5.41) is 8.93. The Morgan fingerprint density at radius 3 is 2.45 bits per heavy atom. The summed E-state index contributed by atoms with van der Waals surface area (Å²) in [6, 6.07) is 7.86. The van der Waals surface area contributed by atoms with Crippen molar-refractivity contribution < 1.29 is 27.8 Å². The fourth-order valence-corrected chi connectivity index (χ4v) is 2.72. The number of alkyl halides is 2. The highest BCUT2D eigenvalue weighted by Crippen LogP contribution is 2.39. The van der Waals surface area contributed by atoms with Crippen molar-refractivity contribution >= 4 is 11.9 Å². The molecule has 10 heteroatoms. The molecule has 2 aromatic heterocycles. The minimum atomic E-state index is -2.83. The minimum Gasteiger partial charge on any atom is -0.479 e. The largest absolute Gasteiger partial charge is 0.479 e. The van der Waals surface area contributed by atoms with Crippen LogP contribution in [-0.4, -0.2) is 32.6 Å². The number of aryl methyl sites for hydroxylation is 1. The molecule has 0 aliphatic heterocycles. The van der Waals surface area contributed by atoms with Crippen LogP contribution >= 0.6 is 0 Å². The first kappa shape index (κ1) is 20.1. The number of carbonyl (C=O) groups is 1. The van der Waals surface area contributed by atoms with Gasteiger partial charge in [-0.3, -0.25) is 4.98 Å². The molecule has 7 nitrogen and oxygen atoms in total. The average molecular weight is 404 g/mol. The molecule has 0 unspecified atom stereocenters. The molecule has 0 saturated heterocycles. The van der Waals surface area contributed by atoms with Gasteiger partial charge < -0.3 is 15.6 Å². The second kappa shape index (κ2) is 8.13. The first-order valence-electron chi connectivity index (χ1n) is 8.29. The van der Waals surface area contributed by atoms with Gasteiger partial charge in [-0.05, 0) is 48.9 Å². The van der Waals surface area contributed by atoms with Crippen molar-refractivity contribution in [2.24, 2.45) is 0 Å². The molecular weight excluding hydrogens is 389 g/mol. The summed E-state index contributed by atoms with van der Waals surface area (Å²) >= 11 is 0. The standard InChI is InChI=1S/C19H15F3N4O3/c1-9-6-11(7-13(24-9)17(21)22)15-16(10-2-4-12(20)5-3-10)25-19(23)26-18(15)29-8-14(27)28/h2-7,17H,8H2,1H3,(H,27,28)(H2,23,25,26). The predicted molar refractivity (Wildman–Crippen MR) is 97.9 cm³/mol. The average Bonchev–Trinajstić information content (AvgIpc) is 2.65. The number of halogens is 3. The van der Waals surface area contributed by atoms with Crippen LogP contribution in [0.1, 0.15) is 17.8 Å². The number of nitrogens with two attached hydrogens (primary N) is 1. The number of ether oxygens (including phenoxy) is 1. The van der Waals surface area contributed by atoms with E-state index in [0.717, 1.165) is 6.07 Å². The molecule has 3 aromatic rings. The molecule has 2 heterocycles. The lowest BCUT2D eigenvalue weighted by Crippen LogP contribution is -2.13. The van der Waals surface area contributed by atoms with E-state index < -0.39 is 30.5 Å². The van der Waals surface area contributed by atoms with Gasteiger partial charge in [0.05, 0.1) is 11.3 Å². The number of rotatable bonds is 6. The molecule has 150 valence electrons. The van der Waals surface area contributed by atoms with E-state index >= 15 is 0 Å². The minimum absolute atomic E-state index is 0.138. The first-order chi connectivity index (χ1) is 13.7. The second-order valence-electron chi connectivity index (χ2n) is 6.02. The topological polar surface area (TPSA) is 111 Å². The summed E-state index contributed by atoms with van der Waals surface area (Å²) in [5.41, 5.74) is 6.49. The summed E-state index contributed by atoms with van der Waals surface area (Å²) in [7, 11) is 0. The van der Waals surface area contributed by atoms with Crippen molar-refractivity contribution in [1.82, 2.24) is 15.0 Å². The summed E-state index contributed by atoms with van der Waals surface area (Å²) in [5.74, 6) is -2.19. The second-order valence-corrected chi connectivity index (χ2v) is 6.02. The Labute approximate surface area is 163 Å². The van der Waals surface area contributed by atoms with Gasteiger partial charge in [0.25, 0.3) is 6.43 Å². The Bertz CT molecular complexity index is 1060. The van der Waals surface area contributed by atoms with Gasteiger partial charge in [0.1, 0.15) is 11.5 Å². The van der Waals surface area contributed by atoms with Crippen molar-refractivity contribution in [3.8, 4) is 28.3 Å². The molecular formula is C19H15F3N4O3. The Morgan fingerprint density at radius 2 is 1.83 bits per heavy atom. The summed E-state index contributed by atoms with van der Waals surface area (Å²) in [6.07, 6.45) is -2.83. The Balaban J connectivity index is 2.29. The summed E-state index contributed by atoms with van der Waals surface area (Å²) < 4.78 is 45.1. The van der Waals surface area contributed by atoms with Crippen molar-refractivity contribution in [3.05, 3.63) is 53.6 Å². The van der Waals surface area contributed by atoms with E-state index in [1.54, 1.807) is 0 Å². The van der Waals surface area contributed by atoms with Crippen LogP contribution in [0.5, 0.6) is 5.88 Å². The highest BCUT2D eigenvalue weighted by molar-refractivity contribution is 5.85. The summed E-state index contributed by atoms with van der Waals surface area (Å²) in [4.78, 5) is 22.8. The van der Waals surface area contributed by atoms with Crippen LogP contribution in [-0.2, 0) is 4.79 Å². The number of carboxylic acid groups (broad SMARTS) is 1. The fourth-order valence-electron chi connectivity index (χ4n) is 2.72. The van der Waals surface area contributed by atoms with E-state index in [1.807, 2.05) is 0 Å². The van der Waals surface area contributed by atoms with Gasteiger partial charge in [-0.25, -0.2) is 22.9 Å². The molecule has 0 atom stereocenters. The Hall–Kier alpha value is -3.69. The number of hydrogen-bond acceptors (Lipinski definition) is 6. The zero-order valence-electron chi connectivity index (χ0n) is 15.1. The van der Waals surface area contributed by atoms with Crippen molar-refractivity contribution in [3.63, 3.8) is 0 Å². The highest BCUT2D eigenvalue weighted by Gasteiger charge is 2.22. The Kier molecular flexibility index (Phi) is 5.62. The van der Waals surface area contributed by atoms with Crippen LogP contribution in [0.15, 0.2) is 36.4 Å². The van der Waals surface area contributed by atoms with Crippen LogP contribution < -0.4 is 10.5 Å². The van der Waals surface area contributed by atoms with Crippen LogP contribution in [0.2, 0.25) is 0 Å². The van der Waals surface area contributed by atoms with E-state index in [9.17, 15) is 18.0 Å². The SMILES string of the molecule is Cc1cc(-c2c(OCC(=O)O)nc(N)nc2-c2ccc(F)cc2)cc(C(F)F)n1. The first-order valence-corrected chi connectivity index (χ1v) is 8.29. The number of pyridine rings is 1. The fraction of sp³-hybridized carbons (Fsp3) is 0.158. The third kappa shape index (κ3) is 4.60. The third-order valence-electron chi connectivity index (χ3n) is 3.83. The van der Waals surface area contributed by atoms with Gasteiger partial charge in [-0.15, -0.1) is 0 Å². The van der Waals surface area contributed by atoms with E-state index in [4.69, 9.17) is 15.6 Å². The van der Waals surface area contributed by atoms with Gasteiger partial charge in [0.15, 0.2) is 6.61 Å². The van der Waals surface area contributed by atoms with E-state index in [0.29, 0.717) is 11.3 Å². The zero-order chi connectivity index (χ0) is 21.1. The zero-order valence-corrected chi connectivity index (χ0v) is 15.1. The molecule has 0 fully saturated rings. The maximum Gasteiger partial charge on any atom is 0.341 e. The maximum atomic E-state index is 13.3. The molecule has 0 saturated carbocycles. The number of benzene rings is 1. The lowest BCUT2D eigenvalue weighted by Gasteiger charge is -2.16. The van der Waals surface area contributed by atoms with Gasteiger partial charge in [-0.1, -0.05) is 0 Å². The van der Waals surface area contributed by atoms with Gasteiger partial charge in [0.2, 0.25) is 11.8 Å².